The van der Waals surface area contributed by atoms with Crippen LogP contribution >= 0.6 is 0 Å². The Morgan fingerprint density at radius 3 is 2.68 bits per heavy atom. The Balaban J connectivity index is 1.76. The summed E-state index contributed by atoms with van der Waals surface area (Å²) < 4.78 is 1.99. The van der Waals surface area contributed by atoms with Gasteiger partial charge in [-0.2, -0.15) is 0 Å². The maximum absolute atomic E-state index is 13.6. The molecule has 0 radical (unpaired) electrons. The van der Waals surface area contributed by atoms with Gasteiger partial charge in [0.2, 0.25) is 0 Å². The first kappa shape index (κ1) is 18.7. The number of nitrogens with zero attached hydrogens (tertiary/aromatic N) is 4. The Morgan fingerprint density at radius 2 is 1.93 bits per heavy atom. The average Bonchev–Trinajstić information content (AvgIpc) is 3.25. The fourth-order valence-electron chi connectivity index (χ4n) is 4.52. The lowest BCUT2D eigenvalue weighted by atomic mass is 10.1. The van der Waals surface area contributed by atoms with Crippen LogP contribution in [0.25, 0.3) is 0 Å². The van der Waals surface area contributed by atoms with Gasteiger partial charge < -0.3 is 14.4 Å². The van der Waals surface area contributed by atoms with Crippen LogP contribution in [0.4, 0.5) is 5.69 Å². The predicted molar refractivity (Wildman–Crippen MR) is 109 cm³/mol. The zero-order chi connectivity index (χ0) is 19.8. The van der Waals surface area contributed by atoms with E-state index < -0.39 is 0 Å². The van der Waals surface area contributed by atoms with E-state index in [2.05, 4.69) is 18.0 Å². The lowest BCUT2D eigenvalue weighted by Crippen LogP contribution is -2.36. The molecule has 3 heterocycles. The molecule has 1 unspecified atom stereocenters. The molecule has 0 saturated carbocycles. The first-order valence-electron chi connectivity index (χ1n) is 10.4. The molecule has 0 aliphatic carbocycles. The summed E-state index contributed by atoms with van der Waals surface area (Å²) in [5.74, 6) is 0.255. The van der Waals surface area contributed by atoms with Gasteiger partial charge in [-0.15, -0.1) is 0 Å². The number of para-hydroxylation sites is 1. The van der Waals surface area contributed by atoms with Crippen molar-refractivity contribution in [2.75, 3.05) is 18.0 Å². The first-order valence-corrected chi connectivity index (χ1v) is 10.4. The second-order valence-corrected chi connectivity index (χ2v) is 7.67. The fourth-order valence-corrected chi connectivity index (χ4v) is 4.52. The van der Waals surface area contributed by atoms with E-state index in [9.17, 15) is 9.59 Å². The standard InChI is InChI=1S/C22H28N4O2/c1-4-24(5-2)22(28)20-23-19(18-12-8-9-13-25(18)20)21(27)26-15(3)14-16-10-6-7-11-17(16)26/h6-7,10-11,15H,4-5,8-9,12-14H2,1-3H3. The van der Waals surface area contributed by atoms with E-state index in [-0.39, 0.29) is 17.9 Å². The topological polar surface area (TPSA) is 58.4 Å². The highest BCUT2D eigenvalue weighted by atomic mass is 16.2. The van der Waals surface area contributed by atoms with E-state index in [0.717, 1.165) is 43.6 Å². The Labute approximate surface area is 166 Å². The number of fused-ring (bicyclic) bond motifs is 2. The second-order valence-electron chi connectivity index (χ2n) is 7.67. The summed E-state index contributed by atoms with van der Waals surface area (Å²) in [6.45, 7) is 8.04. The number of carbonyl (C=O) groups excluding carboxylic acids is 2. The van der Waals surface area contributed by atoms with E-state index in [4.69, 9.17) is 0 Å². The summed E-state index contributed by atoms with van der Waals surface area (Å²) in [6, 6.07) is 8.15. The van der Waals surface area contributed by atoms with Crippen molar-refractivity contribution >= 4 is 17.5 Å². The molecule has 148 valence electrons. The number of rotatable bonds is 4. The molecule has 0 bridgehead atoms. The van der Waals surface area contributed by atoms with Gasteiger partial charge in [0, 0.05) is 31.4 Å². The molecule has 1 aromatic carbocycles. The van der Waals surface area contributed by atoms with Gasteiger partial charge in [-0.25, -0.2) is 4.98 Å². The van der Waals surface area contributed by atoms with Gasteiger partial charge in [0.05, 0.1) is 5.69 Å². The number of aromatic nitrogens is 2. The third-order valence-electron chi connectivity index (χ3n) is 5.99. The van der Waals surface area contributed by atoms with Gasteiger partial charge in [-0.1, -0.05) is 18.2 Å². The summed E-state index contributed by atoms with van der Waals surface area (Å²) in [6.07, 6.45) is 3.68. The number of anilines is 1. The SMILES string of the molecule is CCN(CC)C(=O)c1nc(C(=O)N2c3ccccc3CC2C)c2n1CCCC2. The Kier molecular flexibility index (Phi) is 4.96. The van der Waals surface area contributed by atoms with Crippen LogP contribution in [0.3, 0.4) is 0 Å². The molecule has 0 saturated heterocycles. The highest BCUT2D eigenvalue weighted by molar-refractivity contribution is 6.08. The van der Waals surface area contributed by atoms with E-state index in [1.54, 1.807) is 4.90 Å². The van der Waals surface area contributed by atoms with Crippen LogP contribution in [0.5, 0.6) is 0 Å². The van der Waals surface area contributed by atoms with Crippen LogP contribution in [-0.4, -0.2) is 45.4 Å². The van der Waals surface area contributed by atoms with Crippen molar-refractivity contribution in [3.63, 3.8) is 0 Å². The second kappa shape index (κ2) is 7.41. The van der Waals surface area contributed by atoms with Crippen LogP contribution in [0.15, 0.2) is 24.3 Å². The number of hydrogen-bond acceptors (Lipinski definition) is 3. The number of hydrogen-bond donors (Lipinski definition) is 0. The summed E-state index contributed by atoms with van der Waals surface area (Å²) in [4.78, 5) is 34.8. The molecule has 1 atom stereocenters. The van der Waals surface area contributed by atoms with Crippen molar-refractivity contribution < 1.29 is 9.59 Å². The lowest BCUT2D eigenvalue weighted by Gasteiger charge is -2.23. The number of benzene rings is 1. The zero-order valence-electron chi connectivity index (χ0n) is 16.9. The minimum Gasteiger partial charge on any atom is -0.337 e. The highest BCUT2D eigenvalue weighted by Gasteiger charge is 2.36. The molecule has 0 spiro atoms. The first-order chi connectivity index (χ1) is 13.6. The van der Waals surface area contributed by atoms with Crippen molar-refractivity contribution in [3.05, 3.63) is 47.0 Å². The van der Waals surface area contributed by atoms with Crippen molar-refractivity contribution in [1.82, 2.24) is 14.5 Å². The maximum atomic E-state index is 13.6. The Hall–Kier alpha value is -2.63. The molecule has 6 heteroatoms. The van der Waals surface area contributed by atoms with Crippen molar-refractivity contribution in [1.29, 1.82) is 0 Å². The molecule has 6 nitrogen and oxygen atoms in total. The van der Waals surface area contributed by atoms with Gasteiger partial charge in [0.1, 0.15) is 0 Å². The molecular weight excluding hydrogens is 352 g/mol. The third-order valence-corrected chi connectivity index (χ3v) is 5.99. The quantitative estimate of drug-likeness (QED) is 0.818. The smallest absolute Gasteiger partial charge is 0.289 e. The minimum atomic E-state index is -0.0818. The molecule has 0 fully saturated rings. The van der Waals surface area contributed by atoms with E-state index in [1.807, 2.05) is 41.5 Å². The summed E-state index contributed by atoms with van der Waals surface area (Å²) in [5, 5.41) is 0. The Morgan fingerprint density at radius 1 is 1.18 bits per heavy atom. The molecule has 0 N–H and O–H groups in total. The van der Waals surface area contributed by atoms with Gasteiger partial charge >= 0.3 is 0 Å². The van der Waals surface area contributed by atoms with Crippen LogP contribution in [-0.2, 0) is 19.4 Å². The molecule has 4 rings (SSSR count). The van der Waals surface area contributed by atoms with Crippen LogP contribution in [0, 0.1) is 0 Å². The molecular formula is C22H28N4O2. The number of amides is 2. The van der Waals surface area contributed by atoms with Crippen molar-refractivity contribution in [2.24, 2.45) is 0 Å². The van der Waals surface area contributed by atoms with Gasteiger partial charge in [-0.05, 0) is 58.1 Å². The summed E-state index contributed by atoms with van der Waals surface area (Å²) in [7, 11) is 0. The molecule has 1 aromatic heterocycles. The summed E-state index contributed by atoms with van der Waals surface area (Å²) in [5.41, 5.74) is 3.53. The fraction of sp³-hybridized carbons (Fsp3) is 0.500. The molecule has 2 aromatic rings. The van der Waals surface area contributed by atoms with Crippen LogP contribution < -0.4 is 4.90 Å². The van der Waals surface area contributed by atoms with Gasteiger partial charge in [-0.3, -0.25) is 9.59 Å². The van der Waals surface area contributed by atoms with Crippen molar-refractivity contribution in [3.8, 4) is 0 Å². The van der Waals surface area contributed by atoms with Crippen molar-refractivity contribution in [2.45, 2.75) is 59.0 Å². The molecule has 2 aliphatic rings. The maximum Gasteiger partial charge on any atom is 0.289 e. The normalized spacial score (nSPS) is 18.0. The van der Waals surface area contributed by atoms with Crippen LogP contribution in [0.2, 0.25) is 0 Å². The van der Waals surface area contributed by atoms with E-state index >= 15 is 0 Å². The minimum absolute atomic E-state index is 0.0814. The van der Waals surface area contributed by atoms with Crippen LogP contribution in [0.1, 0.15) is 66.0 Å². The highest BCUT2D eigenvalue weighted by Crippen LogP contribution is 2.34. The van der Waals surface area contributed by atoms with E-state index in [1.165, 1.54) is 5.56 Å². The molecule has 2 aliphatic heterocycles. The predicted octanol–water partition coefficient (Wildman–Crippen LogP) is 3.29. The van der Waals surface area contributed by atoms with Gasteiger partial charge in [0.15, 0.2) is 11.5 Å². The number of imidazole rings is 1. The third kappa shape index (κ3) is 2.91. The van der Waals surface area contributed by atoms with E-state index in [0.29, 0.717) is 24.6 Å². The summed E-state index contributed by atoms with van der Waals surface area (Å²) >= 11 is 0. The molecule has 28 heavy (non-hydrogen) atoms. The number of carbonyl (C=O) groups is 2. The lowest BCUT2D eigenvalue weighted by molar-refractivity contribution is 0.0754. The average molecular weight is 380 g/mol. The Bertz CT molecular complexity index is 913. The molecule has 2 amide bonds. The largest absolute Gasteiger partial charge is 0.337 e. The monoisotopic (exact) mass is 380 g/mol. The van der Waals surface area contributed by atoms with Gasteiger partial charge in [0.25, 0.3) is 11.8 Å². The zero-order valence-corrected chi connectivity index (χ0v) is 16.9.